The summed E-state index contributed by atoms with van der Waals surface area (Å²) in [5.74, 6) is -0.699. The van der Waals surface area contributed by atoms with E-state index in [1.807, 2.05) is 77.9 Å². The normalized spacial score (nSPS) is 12.8. The molecule has 0 saturated heterocycles. The van der Waals surface area contributed by atoms with Gasteiger partial charge in [-0.05, 0) is 75.4 Å². The van der Waals surface area contributed by atoms with E-state index in [-0.39, 0.29) is 23.4 Å². The molecule has 3 aromatic rings. The molecule has 0 saturated carbocycles. The number of hydrogen-bond donors (Lipinski definition) is 1. The van der Waals surface area contributed by atoms with Crippen LogP contribution in [0.25, 0.3) is 0 Å². The minimum absolute atomic E-state index is 0.0534. The van der Waals surface area contributed by atoms with Gasteiger partial charge in [-0.15, -0.1) is 0 Å². The minimum atomic E-state index is -4.09. The summed E-state index contributed by atoms with van der Waals surface area (Å²) in [4.78, 5) is 29.2. The average molecular weight is 564 g/mol. The van der Waals surface area contributed by atoms with Crippen LogP contribution in [0.5, 0.6) is 0 Å². The number of anilines is 1. The summed E-state index contributed by atoms with van der Waals surface area (Å²) in [5, 5.41) is 3.01. The number of benzene rings is 3. The summed E-state index contributed by atoms with van der Waals surface area (Å²) in [6.07, 6.45) is 1.14. The molecule has 2 amide bonds. The maximum Gasteiger partial charge on any atom is 0.264 e. The van der Waals surface area contributed by atoms with Gasteiger partial charge in [-0.1, -0.05) is 74.0 Å². The lowest BCUT2D eigenvalue weighted by Gasteiger charge is -2.34. The molecule has 214 valence electrons. The highest BCUT2D eigenvalue weighted by atomic mass is 32.2. The van der Waals surface area contributed by atoms with Crippen LogP contribution in [0.3, 0.4) is 0 Å². The molecule has 0 aliphatic rings. The Kier molecular flexibility index (Phi) is 10.5. The van der Waals surface area contributed by atoms with Crippen LogP contribution in [-0.4, -0.2) is 43.8 Å². The summed E-state index contributed by atoms with van der Waals surface area (Å²) in [5.41, 5.74) is 3.94. The van der Waals surface area contributed by atoms with Gasteiger partial charge < -0.3 is 10.2 Å². The summed E-state index contributed by atoms with van der Waals surface area (Å²) in [7, 11) is -4.09. The van der Waals surface area contributed by atoms with Crippen LogP contribution in [0.2, 0.25) is 0 Å². The van der Waals surface area contributed by atoms with E-state index in [9.17, 15) is 18.0 Å². The van der Waals surface area contributed by atoms with Crippen LogP contribution in [-0.2, 0) is 26.2 Å². The zero-order chi connectivity index (χ0) is 29.4. The van der Waals surface area contributed by atoms with Crippen LogP contribution < -0.4 is 9.62 Å². The van der Waals surface area contributed by atoms with Crippen molar-refractivity contribution in [3.8, 4) is 0 Å². The summed E-state index contributed by atoms with van der Waals surface area (Å²) in [6, 6.07) is 20.6. The van der Waals surface area contributed by atoms with E-state index >= 15 is 0 Å². The van der Waals surface area contributed by atoms with Crippen molar-refractivity contribution in [2.24, 2.45) is 0 Å². The maximum absolute atomic E-state index is 14.2. The zero-order valence-electron chi connectivity index (χ0n) is 24.3. The molecule has 0 aromatic heterocycles. The highest BCUT2D eigenvalue weighted by Crippen LogP contribution is 2.28. The Bertz CT molecular complexity index is 1420. The number of amides is 2. The number of rotatable bonds is 12. The molecule has 3 rings (SSSR count). The number of aryl methyl sites for hydroxylation is 3. The van der Waals surface area contributed by atoms with Gasteiger partial charge in [0.15, 0.2) is 0 Å². The smallest absolute Gasteiger partial charge is 0.264 e. The van der Waals surface area contributed by atoms with Crippen molar-refractivity contribution in [3.63, 3.8) is 0 Å². The van der Waals surface area contributed by atoms with Crippen LogP contribution >= 0.6 is 0 Å². The molecule has 40 heavy (non-hydrogen) atoms. The largest absolute Gasteiger partial charge is 0.352 e. The number of nitrogens with one attached hydrogen (secondary N) is 1. The molecule has 0 bridgehead atoms. The second-order valence-corrected chi connectivity index (χ2v) is 12.2. The Hall–Kier alpha value is -3.65. The van der Waals surface area contributed by atoms with Crippen LogP contribution in [0, 0.1) is 20.8 Å². The summed E-state index contributed by atoms with van der Waals surface area (Å²) in [6.45, 7) is 11.2. The Labute approximate surface area is 239 Å². The van der Waals surface area contributed by atoms with Gasteiger partial charge in [0.2, 0.25) is 11.8 Å². The fraction of sp³-hybridized carbons (Fsp3) is 0.375. The third kappa shape index (κ3) is 7.50. The first kappa shape index (κ1) is 30.9. The second-order valence-electron chi connectivity index (χ2n) is 10.4. The topological polar surface area (TPSA) is 86.8 Å². The molecule has 0 fully saturated rings. The quantitative estimate of drug-likeness (QED) is 0.314. The van der Waals surface area contributed by atoms with E-state index in [0.29, 0.717) is 12.1 Å². The maximum atomic E-state index is 14.2. The lowest BCUT2D eigenvalue weighted by atomic mass is 10.1. The first-order chi connectivity index (χ1) is 19.0. The SMILES string of the molecule is CC[C@H](C(=O)N[C@@H](C)CC)N(Cc1cccc(C)c1)C(=O)CN(c1cc(C)ccc1C)S(=O)(=O)c1ccccc1. The predicted octanol–water partition coefficient (Wildman–Crippen LogP) is 5.53. The third-order valence-corrected chi connectivity index (χ3v) is 8.84. The van der Waals surface area contributed by atoms with Crippen molar-refractivity contribution >= 4 is 27.5 Å². The van der Waals surface area contributed by atoms with Gasteiger partial charge >= 0.3 is 0 Å². The molecule has 0 aliphatic carbocycles. The summed E-state index contributed by atoms with van der Waals surface area (Å²) < 4.78 is 29.2. The van der Waals surface area contributed by atoms with Crippen molar-refractivity contribution in [2.45, 2.75) is 77.9 Å². The number of carbonyl (C=O) groups excluding carboxylic acids is 2. The first-order valence-electron chi connectivity index (χ1n) is 13.8. The monoisotopic (exact) mass is 563 g/mol. The molecular weight excluding hydrogens is 522 g/mol. The fourth-order valence-corrected chi connectivity index (χ4v) is 6.08. The molecule has 0 spiro atoms. The number of nitrogens with zero attached hydrogens (tertiary/aromatic N) is 2. The molecular formula is C32H41N3O4S. The Morgan fingerprint density at radius 1 is 0.850 bits per heavy atom. The van der Waals surface area contributed by atoms with Crippen LogP contribution in [0.15, 0.2) is 77.7 Å². The Morgan fingerprint density at radius 3 is 2.15 bits per heavy atom. The van der Waals surface area contributed by atoms with Crippen molar-refractivity contribution in [3.05, 3.63) is 95.1 Å². The number of sulfonamides is 1. The third-order valence-electron chi connectivity index (χ3n) is 7.07. The van der Waals surface area contributed by atoms with Crippen molar-refractivity contribution in [1.29, 1.82) is 0 Å². The van der Waals surface area contributed by atoms with Crippen molar-refractivity contribution < 1.29 is 18.0 Å². The van der Waals surface area contributed by atoms with Crippen molar-refractivity contribution in [1.82, 2.24) is 10.2 Å². The van der Waals surface area contributed by atoms with E-state index < -0.39 is 28.5 Å². The Morgan fingerprint density at radius 2 is 1.52 bits per heavy atom. The molecule has 7 nitrogen and oxygen atoms in total. The molecule has 0 unspecified atom stereocenters. The molecule has 2 atom stereocenters. The van der Waals surface area contributed by atoms with Gasteiger partial charge in [0.1, 0.15) is 12.6 Å². The lowest BCUT2D eigenvalue weighted by Crippen LogP contribution is -2.53. The molecule has 0 aliphatic heterocycles. The average Bonchev–Trinajstić information content (AvgIpc) is 2.93. The lowest BCUT2D eigenvalue weighted by molar-refractivity contribution is -0.140. The molecule has 0 heterocycles. The van der Waals surface area contributed by atoms with E-state index in [4.69, 9.17) is 0 Å². The van der Waals surface area contributed by atoms with Gasteiger partial charge in [0.05, 0.1) is 10.6 Å². The van der Waals surface area contributed by atoms with E-state index in [1.54, 1.807) is 24.3 Å². The van der Waals surface area contributed by atoms with Gasteiger partial charge in [-0.3, -0.25) is 13.9 Å². The van der Waals surface area contributed by atoms with Gasteiger partial charge in [-0.2, -0.15) is 0 Å². The van der Waals surface area contributed by atoms with Crippen LogP contribution in [0.4, 0.5) is 5.69 Å². The Balaban J connectivity index is 2.09. The van der Waals surface area contributed by atoms with Gasteiger partial charge in [0.25, 0.3) is 10.0 Å². The van der Waals surface area contributed by atoms with Gasteiger partial charge in [0, 0.05) is 12.6 Å². The van der Waals surface area contributed by atoms with Crippen LogP contribution in [0.1, 0.15) is 55.9 Å². The minimum Gasteiger partial charge on any atom is -0.352 e. The van der Waals surface area contributed by atoms with E-state index in [1.165, 1.54) is 21.3 Å². The highest BCUT2D eigenvalue weighted by molar-refractivity contribution is 7.92. The standard InChI is InChI=1S/C32H41N3O4S/c1-7-26(6)33-32(37)29(8-2)34(21-27-14-12-13-23(3)19-27)31(36)22-35(30-20-24(4)17-18-25(30)5)40(38,39)28-15-10-9-11-16-28/h9-20,26,29H,7-8,21-22H2,1-6H3,(H,33,37)/t26-,29+/m0/s1. The molecule has 8 heteroatoms. The van der Waals surface area contributed by atoms with E-state index in [0.717, 1.165) is 28.7 Å². The predicted molar refractivity (Wildman–Crippen MR) is 161 cm³/mol. The highest BCUT2D eigenvalue weighted by Gasteiger charge is 2.34. The molecule has 0 radical (unpaired) electrons. The number of hydrogen-bond acceptors (Lipinski definition) is 4. The fourth-order valence-electron chi connectivity index (χ4n) is 4.59. The number of carbonyl (C=O) groups is 2. The van der Waals surface area contributed by atoms with E-state index in [2.05, 4.69) is 5.32 Å². The second kappa shape index (κ2) is 13.6. The van der Waals surface area contributed by atoms with Gasteiger partial charge in [-0.25, -0.2) is 8.42 Å². The zero-order valence-corrected chi connectivity index (χ0v) is 25.2. The molecule has 3 aromatic carbocycles. The summed E-state index contributed by atoms with van der Waals surface area (Å²) >= 11 is 0. The first-order valence-corrected chi connectivity index (χ1v) is 15.2. The van der Waals surface area contributed by atoms with Crippen molar-refractivity contribution in [2.75, 3.05) is 10.8 Å². The molecule has 1 N–H and O–H groups in total.